The minimum absolute atomic E-state index is 0.133. The number of nitrogens with one attached hydrogen (secondary N) is 1. The van der Waals surface area contributed by atoms with Crippen LogP contribution in [0.1, 0.15) is 0 Å². The second kappa shape index (κ2) is 7.64. The predicted octanol–water partition coefficient (Wildman–Crippen LogP) is 3.11. The number of hydrogen-bond acceptors (Lipinski definition) is 8. The molecule has 4 rings (SSSR count). The van der Waals surface area contributed by atoms with Crippen LogP contribution in [0.25, 0.3) is 22.8 Å². The molecule has 0 saturated carbocycles. The Hall–Kier alpha value is -3.11. The molecule has 8 nitrogen and oxygen atoms in total. The van der Waals surface area contributed by atoms with E-state index in [-0.39, 0.29) is 11.7 Å². The molecule has 3 heterocycles. The first-order valence-corrected chi connectivity index (χ1v) is 9.75. The van der Waals surface area contributed by atoms with Crippen molar-refractivity contribution in [2.45, 2.75) is 5.16 Å². The fourth-order valence-corrected chi connectivity index (χ4v) is 3.70. The zero-order valence-corrected chi connectivity index (χ0v) is 15.5. The average Bonchev–Trinajstić information content (AvgIpc) is 3.42. The molecule has 0 radical (unpaired) electrons. The van der Waals surface area contributed by atoms with Gasteiger partial charge in [0.2, 0.25) is 16.9 Å². The van der Waals surface area contributed by atoms with Gasteiger partial charge in [0.1, 0.15) is 0 Å². The van der Waals surface area contributed by atoms with Crippen molar-refractivity contribution in [2.75, 3.05) is 16.9 Å². The molecule has 0 bridgehead atoms. The zero-order chi connectivity index (χ0) is 18.6. The smallest absolute Gasteiger partial charge is 0.236 e. The lowest BCUT2D eigenvalue weighted by Gasteiger charge is -2.02. The number of nitrogens with two attached hydrogens (primary N) is 1. The molecule has 0 spiro atoms. The molecule has 10 heteroatoms. The van der Waals surface area contributed by atoms with Gasteiger partial charge < -0.3 is 15.6 Å². The molecule has 4 aromatic rings. The van der Waals surface area contributed by atoms with E-state index >= 15 is 0 Å². The number of nitrogen functional groups attached to an aromatic ring is 1. The Balaban J connectivity index is 1.36. The number of benzene rings is 1. The van der Waals surface area contributed by atoms with Crippen molar-refractivity contribution in [3.8, 4) is 22.8 Å². The number of hydrogen-bond donors (Lipinski definition) is 2. The molecule has 3 aromatic heterocycles. The summed E-state index contributed by atoms with van der Waals surface area (Å²) in [6, 6.07) is 13.3. The highest BCUT2D eigenvalue weighted by molar-refractivity contribution is 7.99. The molecule has 0 aliphatic rings. The summed E-state index contributed by atoms with van der Waals surface area (Å²) in [7, 11) is 0. The summed E-state index contributed by atoms with van der Waals surface area (Å²) in [5.74, 6) is 6.81. The SMILES string of the molecule is Nn1c(SCC(=O)Nc2nc(-c3ccccc3)cs2)nnc1-c1ccco1. The van der Waals surface area contributed by atoms with E-state index in [4.69, 9.17) is 10.3 Å². The van der Waals surface area contributed by atoms with Crippen molar-refractivity contribution in [3.05, 3.63) is 54.1 Å². The number of thiazole rings is 1. The van der Waals surface area contributed by atoms with E-state index in [0.29, 0.717) is 21.9 Å². The topological polar surface area (TPSA) is 112 Å². The molecule has 136 valence electrons. The van der Waals surface area contributed by atoms with Crippen LogP contribution in [0.4, 0.5) is 5.13 Å². The van der Waals surface area contributed by atoms with E-state index in [2.05, 4.69) is 20.5 Å². The Morgan fingerprint density at radius 1 is 1.22 bits per heavy atom. The Kier molecular flexibility index (Phi) is 4.90. The van der Waals surface area contributed by atoms with Gasteiger partial charge in [0.25, 0.3) is 0 Å². The monoisotopic (exact) mass is 398 g/mol. The van der Waals surface area contributed by atoms with Crippen LogP contribution in [0.5, 0.6) is 0 Å². The van der Waals surface area contributed by atoms with Crippen molar-refractivity contribution in [2.24, 2.45) is 0 Å². The number of nitrogens with zero attached hydrogens (tertiary/aromatic N) is 4. The summed E-state index contributed by atoms with van der Waals surface area (Å²) in [4.78, 5) is 16.6. The van der Waals surface area contributed by atoms with Crippen LogP contribution in [0.3, 0.4) is 0 Å². The molecule has 0 unspecified atom stereocenters. The first kappa shape index (κ1) is 17.3. The molecule has 0 aliphatic carbocycles. The third-order valence-electron chi connectivity index (χ3n) is 3.56. The Morgan fingerprint density at radius 2 is 2.07 bits per heavy atom. The van der Waals surface area contributed by atoms with Crippen LogP contribution >= 0.6 is 23.1 Å². The lowest BCUT2D eigenvalue weighted by Crippen LogP contribution is -2.16. The lowest BCUT2D eigenvalue weighted by molar-refractivity contribution is -0.113. The number of anilines is 1. The fraction of sp³-hybridized carbons (Fsp3) is 0.0588. The van der Waals surface area contributed by atoms with Gasteiger partial charge in [-0.05, 0) is 12.1 Å². The number of carbonyl (C=O) groups excluding carboxylic acids is 1. The van der Waals surface area contributed by atoms with Crippen LogP contribution in [0.2, 0.25) is 0 Å². The van der Waals surface area contributed by atoms with Crippen LogP contribution in [-0.2, 0) is 4.79 Å². The van der Waals surface area contributed by atoms with Crippen molar-refractivity contribution >= 4 is 34.1 Å². The lowest BCUT2D eigenvalue weighted by atomic mass is 10.2. The van der Waals surface area contributed by atoms with Gasteiger partial charge in [-0.15, -0.1) is 21.5 Å². The number of carbonyl (C=O) groups is 1. The minimum atomic E-state index is -0.198. The van der Waals surface area contributed by atoms with E-state index in [1.54, 1.807) is 12.1 Å². The zero-order valence-electron chi connectivity index (χ0n) is 13.9. The van der Waals surface area contributed by atoms with E-state index in [0.717, 1.165) is 11.3 Å². The molecule has 27 heavy (non-hydrogen) atoms. The number of amides is 1. The van der Waals surface area contributed by atoms with Crippen molar-refractivity contribution in [3.63, 3.8) is 0 Å². The summed E-state index contributed by atoms with van der Waals surface area (Å²) in [6.07, 6.45) is 1.53. The number of aromatic nitrogens is 4. The van der Waals surface area contributed by atoms with E-state index in [1.807, 2.05) is 35.7 Å². The van der Waals surface area contributed by atoms with Gasteiger partial charge in [0.05, 0.1) is 17.7 Å². The molecule has 3 N–H and O–H groups in total. The summed E-state index contributed by atoms with van der Waals surface area (Å²) >= 11 is 2.56. The van der Waals surface area contributed by atoms with Gasteiger partial charge >= 0.3 is 0 Å². The van der Waals surface area contributed by atoms with E-state index in [1.165, 1.54) is 34.0 Å². The number of rotatable bonds is 6. The highest BCUT2D eigenvalue weighted by Crippen LogP contribution is 2.25. The maximum atomic E-state index is 12.2. The number of thioether (sulfide) groups is 1. The second-order valence-corrected chi connectivity index (χ2v) is 7.19. The maximum absolute atomic E-state index is 12.2. The predicted molar refractivity (Wildman–Crippen MR) is 105 cm³/mol. The van der Waals surface area contributed by atoms with Gasteiger partial charge in [-0.1, -0.05) is 42.1 Å². The molecule has 0 atom stereocenters. The van der Waals surface area contributed by atoms with Crippen LogP contribution < -0.4 is 11.2 Å². The largest absolute Gasteiger partial charge is 0.461 e. The van der Waals surface area contributed by atoms with Gasteiger partial charge in [-0.25, -0.2) is 9.66 Å². The van der Waals surface area contributed by atoms with Gasteiger partial charge in [-0.3, -0.25) is 4.79 Å². The fourth-order valence-electron chi connectivity index (χ4n) is 2.31. The first-order chi connectivity index (χ1) is 13.2. The standard InChI is InChI=1S/C17H14N6O2S2/c18-23-15(13-7-4-8-25-13)21-22-17(23)27-10-14(24)20-16-19-12(9-26-16)11-5-2-1-3-6-11/h1-9H,10,18H2,(H,19,20,24). The van der Waals surface area contributed by atoms with Crippen LogP contribution in [0.15, 0.2) is 63.7 Å². The molecule has 0 saturated heterocycles. The Bertz CT molecular complexity index is 1040. The second-order valence-electron chi connectivity index (χ2n) is 5.39. The molecule has 1 aromatic carbocycles. The first-order valence-electron chi connectivity index (χ1n) is 7.88. The van der Waals surface area contributed by atoms with Gasteiger partial charge in [0.15, 0.2) is 10.9 Å². The normalized spacial score (nSPS) is 10.8. The van der Waals surface area contributed by atoms with E-state index in [9.17, 15) is 4.79 Å². The molecule has 0 fully saturated rings. The molecule has 1 amide bonds. The van der Waals surface area contributed by atoms with E-state index < -0.39 is 0 Å². The summed E-state index contributed by atoms with van der Waals surface area (Å²) in [5, 5.41) is 13.6. The highest BCUT2D eigenvalue weighted by atomic mass is 32.2. The third-order valence-corrected chi connectivity index (χ3v) is 5.26. The Morgan fingerprint density at radius 3 is 2.85 bits per heavy atom. The summed E-state index contributed by atoms with van der Waals surface area (Å²) in [5.41, 5.74) is 1.83. The molecular weight excluding hydrogens is 384 g/mol. The van der Waals surface area contributed by atoms with Crippen molar-refractivity contribution < 1.29 is 9.21 Å². The maximum Gasteiger partial charge on any atom is 0.236 e. The minimum Gasteiger partial charge on any atom is -0.461 e. The number of furan rings is 1. The summed E-state index contributed by atoms with van der Waals surface area (Å²) in [6.45, 7) is 0. The molecule has 0 aliphatic heterocycles. The van der Waals surface area contributed by atoms with Crippen LogP contribution in [-0.4, -0.2) is 31.5 Å². The quantitative estimate of drug-likeness (QED) is 0.379. The van der Waals surface area contributed by atoms with Crippen molar-refractivity contribution in [1.82, 2.24) is 19.9 Å². The Labute approximate surface area is 162 Å². The van der Waals surface area contributed by atoms with Crippen LogP contribution in [0, 0.1) is 0 Å². The van der Waals surface area contributed by atoms with Crippen molar-refractivity contribution in [1.29, 1.82) is 0 Å². The molecular formula is C17H14N6O2S2. The average molecular weight is 398 g/mol. The van der Waals surface area contributed by atoms with Gasteiger partial charge in [-0.2, -0.15) is 0 Å². The third kappa shape index (κ3) is 3.86. The highest BCUT2D eigenvalue weighted by Gasteiger charge is 2.16. The summed E-state index contributed by atoms with van der Waals surface area (Å²) < 4.78 is 6.56. The van der Waals surface area contributed by atoms with Gasteiger partial charge in [0, 0.05) is 10.9 Å².